The van der Waals surface area contributed by atoms with E-state index in [1.54, 1.807) is 47.4 Å². The Balaban J connectivity index is 0.00000119. The lowest BCUT2D eigenvalue weighted by molar-refractivity contribution is -0.164. The first-order valence-electron chi connectivity index (χ1n) is 14.9. The summed E-state index contributed by atoms with van der Waals surface area (Å²) in [6, 6.07) is 10.8. The molecule has 3 atom stereocenters. The Hall–Kier alpha value is -3.48. The van der Waals surface area contributed by atoms with Crippen LogP contribution in [0.1, 0.15) is 45.2 Å². The monoisotopic (exact) mass is 749 g/mol. The van der Waals surface area contributed by atoms with Gasteiger partial charge in [0, 0.05) is 40.0 Å². The van der Waals surface area contributed by atoms with E-state index in [1.807, 2.05) is 26.8 Å². The number of aromatic amines is 1. The number of nitrogens with one attached hydrogen (secondary N) is 2. The number of nitrogens with two attached hydrogens (primary N) is 1. The maximum Gasteiger partial charge on any atom is 0.346 e. The third-order valence-corrected chi connectivity index (χ3v) is 11.2. The van der Waals surface area contributed by atoms with E-state index in [4.69, 9.17) is 22.3 Å². The maximum atomic E-state index is 14.6. The Kier molecular flexibility index (Phi) is 14.6. The lowest BCUT2D eigenvalue weighted by atomic mass is 10.00. The Labute approximate surface area is 302 Å². The fourth-order valence-corrected chi connectivity index (χ4v) is 7.87. The first kappa shape index (κ1) is 40.0. The molecular weight excluding hydrogens is 710 g/mol. The molecule has 1 aliphatic heterocycles. The van der Waals surface area contributed by atoms with Crippen LogP contribution in [0.2, 0.25) is 5.02 Å². The van der Waals surface area contributed by atoms with Crippen molar-refractivity contribution in [1.82, 2.24) is 30.9 Å². The van der Waals surface area contributed by atoms with E-state index < -0.39 is 41.3 Å². The molecule has 4 rings (SSSR count). The van der Waals surface area contributed by atoms with Gasteiger partial charge in [0.15, 0.2) is 18.2 Å². The molecule has 3 aromatic rings. The van der Waals surface area contributed by atoms with Crippen LogP contribution in [-0.2, 0) is 19.2 Å². The quantitative estimate of drug-likeness (QED) is 0.112. The molecule has 18 heteroatoms. The predicted molar refractivity (Wildman–Crippen MR) is 197 cm³/mol. The van der Waals surface area contributed by atoms with Crippen LogP contribution in [0.3, 0.4) is 0 Å². The highest BCUT2D eigenvalue weighted by Crippen LogP contribution is 2.37. The summed E-state index contributed by atoms with van der Waals surface area (Å²) in [7, 11) is 4.38. The van der Waals surface area contributed by atoms with E-state index in [0.29, 0.717) is 21.9 Å². The molecule has 0 fully saturated rings. The highest BCUT2D eigenvalue weighted by atomic mass is 35.5. The number of halogens is 1. The minimum absolute atomic E-state index is 0.0581. The SMILES string of the molecule is CN[C@](CCSC)(C(=O)O)N(C(C)=O)N1C(=O)C(C(=O)C(N)CSSC(C)(C)C)N=C(c2ccccc2)c2cc(Cl)ccc21.c1nn[nH]n1. The first-order chi connectivity index (χ1) is 23.2. The Bertz CT molecular complexity index is 1610. The number of aliphatic imine (C=N–C) groups is 1. The van der Waals surface area contributed by atoms with Gasteiger partial charge in [0.25, 0.3) is 5.91 Å². The number of carboxylic acid groups (broad SMARTS) is 1. The number of amides is 2. The number of H-pyrrole nitrogens is 1. The number of rotatable bonds is 13. The summed E-state index contributed by atoms with van der Waals surface area (Å²) in [5, 5.41) is 27.7. The van der Waals surface area contributed by atoms with Gasteiger partial charge in [0.05, 0.1) is 17.4 Å². The molecule has 0 radical (unpaired) electrons. The van der Waals surface area contributed by atoms with Crippen molar-refractivity contribution >= 4 is 79.9 Å². The van der Waals surface area contributed by atoms with Gasteiger partial charge < -0.3 is 10.8 Å². The number of nitrogens with zero attached hydrogens (tertiary/aromatic N) is 6. The summed E-state index contributed by atoms with van der Waals surface area (Å²) in [6.45, 7) is 7.28. The molecule has 14 nitrogen and oxygen atoms in total. The maximum absolute atomic E-state index is 14.6. The van der Waals surface area contributed by atoms with Gasteiger partial charge in [-0.3, -0.25) is 24.7 Å². The van der Waals surface area contributed by atoms with Crippen molar-refractivity contribution in [3.63, 3.8) is 0 Å². The Morgan fingerprint density at radius 1 is 1.18 bits per heavy atom. The van der Waals surface area contributed by atoms with Gasteiger partial charge in [-0.05, 0) is 37.3 Å². The number of ketones is 1. The molecule has 2 amide bonds. The molecule has 2 aromatic carbocycles. The summed E-state index contributed by atoms with van der Waals surface area (Å²) in [6.07, 6.45) is 3.08. The molecular formula is C31H40ClN9O5S3. The van der Waals surface area contributed by atoms with E-state index in [0.717, 1.165) is 10.0 Å². The summed E-state index contributed by atoms with van der Waals surface area (Å²) in [5.41, 5.74) is 5.67. The van der Waals surface area contributed by atoms with E-state index in [2.05, 4.69) is 25.9 Å². The van der Waals surface area contributed by atoms with Crippen LogP contribution < -0.4 is 16.1 Å². The standard InChI is InChI=1S/C30H38ClN5O5S3.CH2N4/c1-18(37)36(30(33-5,28(40)41)14-15-42-6)35-23-13-12-20(31)16-21(23)24(19-10-8-7-9-11-19)34-25(27(35)39)26(38)22(32)17-43-44-29(2,3)4;1-2-4-5-3-1/h7-13,16,22,25,33H,14-15,17,32H2,1-6H3,(H,40,41);1H,(H,2,3,4,5)/t22?,25?,30-;/m0./s1. The number of likely N-dealkylation sites (N-methyl/N-ethyl adjacent to an activating group) is 1. The second-order valence-corrected chi connectivity index (χ2v) is 16.2. The molecule has 5 N–H and O–H groups in total. The number of carboxylic acids is 1. The third-order valence-electron chi connectivity index (χ3n) is 6.95. The highest BCUT2D eigenvalue weighted by molar-refractivity contribution is 8.77. The summed E-state index contributed by atoms with van der Waals surface area (Å²) in [5.74, 6) is -3.14. The van der Waals surface area contributed by atoms with Crippen molar-refractivity contribution in [2.24, 2.45) is 10.7 Å². The second-order valence-electron chi connectivity index (χ2n) is 11.6. The van der Waals surface area contributed by atoms with Gasteiger partial charge in [-0.15, -0.1) is 10.2 Å². The summed E-state index contributed by atoms with van der Waals surface area (Å²) >= 11 is 7.83. The zero-order valence-electron chi connectivity index (χ0n) is 27.9. The lowest BCUT2D eigenvalue weighted by Crippen LogP contribution is -2.71. The molecule has 1 aliphatic rings. The number of hydrogen-bond acceptors (Lipinski definition) is 13. The number of anilines is 1. The van der Waals surface area contributed by atoms with E-state index in [-0.39, 0.29) is 28.3 Å². The van der Waals surface area contributed by atoms with E-state index in [9.17, 15) is 24.3 Å². The van der Waals surface area contributed by atoms with Gasteiger partial charge >= 0.3 is 5.97 Å². The number of aliphatic carboxylic acids is 1. The minimum atomic E-state index is -2.05. The van der Waals surface area contributed by atoms with Crippen molar-refractivity contribution in [1.29, 1.82) is 0 Å². The number of benzodiazepines with no additional fused rings is 1. The molecule has 49 heavy (non-hydrogen) atoms. The number of thioether (sulfide) groups is 1. The molecule has 0 spiro atoms. The molecule has 2 heterocycles. The van der Waals surface area contributed by atoms with Gasteiger partial charge in [0.2, 0.25) is 11.6 Å². The van der Waals surface area contributed by atoms with Crippen molar-refractivity contribution in [3.8, 4) is 0 Å². The van der Waals surface area contributed by atoms with Gasteiger partial charge in [-0.2, -0.15) is 17.0 Å². The average Bonchev–Trinajstić information content (AvgIpc) is 3.62. The number of fused-ring (bicyclic) bond motifs is 1. The number of Topliss-reactive ketones (excluding diaryl/α,β-unsaturated/α-hetero) is 1. The lowest BCUT2D eigenvalue weighted by Gasteiger charge is -2.45. The van der Waals surface area contributed by atoms with Gasteiger partial charge in [0.1, 0.15) is 0 Å². The van der Waals surface area contributed by atoms with Crippen molar-refractivity contribution in [2.75, 3.05) is 29.8 Å². The highest BCUT2D eigenvalue weighted by Gasteiger charge is 2.52. The molecule has 0 aliphatic carbocycles. The van der Waals surface area contributed by atoms with Crippen LogP contribution in [-0.4, -0.2) is 107 Å². The Morgan fingerprint density at radius 3 is 2.39 bits per heavy atom. The summed E-state index contributed by atoms with van der Waals surface area (Å²) < 4.78 is -0.0893. The van der Waals surface area contributed by atoms with Crippen molar-refractivity contribution < 1.29 is 24.3 Å². The summed E-state index contributed by atoms with van der Waals surface area (Å²) in [4.78, 5) is 59.8. The van der Waals surface area contributed by atoms with Gasteiger partial charge in [-0.1, -0.05) is 89.5 Å². The van der Waals surface area contributed by atoms with E-state index >= 15 is 0 Å². The largest absolute Gasteiger partial charge is 0.478 e. The van der Waals surface area contributed by atoms with E-state index in [1.165, 1.54) is 55.0 Å². The Morgan fingerprint density at radius 2 is 1.88 bits per heavy atom. The number of carbonyl (C=O) groups is 4. The fraction of sp³-hybridized carbons (Fsp3) is 0.419. The molecule has 0 saturated carbocycles. The fourth-order valence-electron chi connectivity index (χ4n) is 4.76. The predicted octanol–water partition coefficient (Wildman–Crippen LogP) is 3.69. The zero-order chi connectivity index (χ0) is 36.4. The first-order valence-corrected chi connectivity index (χ1v) is 19.0. The molecule has 264 valence electrons. The average molecular weight is 750 g/mol. The molecule has 0 saturated heterocycles. The number of hydrazine groups is 1. The van der Waals surface area contributed by atoms with Gasteiger partial charge in [-0.25, -0.2) is 14.8 Å². The number of carbonyl (C=O) groups excluding carboxylic acids is 3. The number of aromatic nitrogens is 4. The third kappa shape index (κ3) is 10.0. The topological polar surface area (TPSA) is 200 Å². The number of hydrogen-bond donors (Lipinski definition) is 4. The van der Waals surface area contributed by atoms with Crippen molar-refractivity contribution in [3.05, 3.63) is 71.0 Å². The van der Waals surface area contributed by atoms with Crippen LogP contribution in [0.5, 0.6) is 0 Å². The normalized spacial score (nSPS) is 16.2. The van der Waals surface area contributed by atoms with Crippen molar-refractivity contribution in [2.45, 2.75) is 56.6 Å². The zero-order valence-corrected chi connectivity index (χ0v) is 31.1. The van der Waals surface area contributed by atoms with Crippen LogP contribution in [0, 0.1) is 0 Å². The van der Waals surface area contributed by atoms with Crippen LogP contribution in [0.25, 0.3) is 0 Å². The smallest absolute Gasteiger partial charge is 0.346 e. The van der Waals surface area contributed by atoms with Crippen LogP contribution in [0.4, 0.5) is 5.69 Å². The minimum Gasteiger partial charge on any atom is -0.478 e. The molecule has 0 bridgehead atoms. The number of benzene rings is 2. The molecule has 2 unspecified atom stereocenters. The van der Waals surface area contributed by atoms with Crippen LogP contribution >= 0.6 is 45.0 Å². The second kappa shape index (κ2) is 18.0. The van der Waals surface area contributed by atoms with Crippen LogP contribution in [0.15, 0.2) is 59.9 Å². The molecule has 1 aromatic heterocycles. The number of tetrazole rings is 1.